The monoisotopic (exact) mass is 269 g/mol. The molecule has 0 aliphatic heterocycles. The van der Waals surface area contributed by atoms with Crippen molar-refractivity contribution in [1.29, 1.82) is 0 Å². The predicted molar refractivity (Wildman–Crippen MR) is 67.8 cm³/mol. The summed E-state index contributed by atoms with van der Waals surface area (Å²) in [5.74, 6) is -0.572. The molecule has 6 nitrogen and oxygen atoms in total. The van der Waals surface area contributed by atoms with Crippen LogP contribution in [0.4, 0.5) is 0 Å². The van der Waals surface area contributed by atoms with Gasteiger partial charge in [0, 0.05) is 13.1 Å². The molecule has 1 rings (SSSR count). The van der Waals surface area contributed by atoms with Crippen molar-refractivity contribution in [2.75, 3.05) is 19.6 Å². The molecule has 0 aromatic carbocycles. The van der Waals surface area contributed by atoms with E-state index in [1.807, 2.05) is 13.8 Å². The van der Waals surface area contributed by atoms with Crippen molar-refractivity contribution in [3.8, 4) is 0 Å². The van der Waals surface area contributed by atoms with Gasteiger partial charge in [-0.3, -0.25) is 9.59 Å². The Bertz CT molecular complexity index is 440. The van der Waals surface area contributed by atoms with Gasteiger partial charge in [-0.15, -0.1) is 11.3 Å². The van der Waals surface area contributed by atoms with Gasteiger partial charge in [0.15, 0.2) is 5.01 Å². The van der Waals surface area contributed by atoms with Crippen molar-refractivity contribution in [2.24, 2.45) is 0 Å². The summed E-state index contributed by atoms with van der Waals surface area (Å²) in [6.07, 6.45) is 1.95. The van der Waals surface area contributed by atoms with Gasteiger partial charge in [0.05, 0.1) is 12.7 Å². The van der Waals surface area contributed by atoms with Crippen molar-refractivity contribution >= 4 is 29.4 Å². The highest BCUT2D eigenvalue weighted by Gasteiger charge is 2.18. The van der Waals surface area contributed by atoms with E-state index in [9.17, 15) is 14.4 Å². The summed E-state index contributed by atoms with van der Waals surface area (Å²) in [6.45, 7) is 4.92. The SMILES string of the molecule is CCN(CC)C(=O)c1ncc(C(=O)NCC=O)s1. The third kappa shape index (κ3) is 3.36. The summed E-state index contributed by atoms with van der Waals surface area (Å²) in [5.41, 5.74) is 0. The second kappa shape index (κ2) is 6.85. The largest absolute Gasteiger partial charge is 0.345 e. The molecule has 1 heterocycles. The molecule has 1 aromatic rings. The van der Waals surface area contributed by atoms with Crippen LogP contribution in [0.2, 0.25) is 0 Å². The van der Waals surface area contributed by atoms with Gasteiger partial charge in [-0.05, 0) is 13.8 Å². The number of hydrogen-bond acceptors (Lipinski definition) is 5. The van der Waals surface area contributed by atoms with E-state index in [-0.39, 0.29) is 17.5 Å². The third-order valence-corrected chi connectivity index (χ3v) is 3.29. The molecule has 1 aromatic heterocycles. The van der Waals surface area contributed by atoms with Crippen molar-refractivity contribution in [3.05, 3.63) is 16.1 Å². The average molecular weight is 269 g/mol. The first-order chi connectivity index (χ1) is 8.63. The topological polar surface area (TPSA) is 79.4 Å². The Morgan fingerprint density at radius 1 is 1.44 bits per heavy atom. The van der Waals surface area contributed by atoms with Crippen LogP contribution in [-0.2, 0) is 4.79 Å². The molecule has 0 aliphatic rings. The minimum atomic E-state index is -0.391. The molecule has 0 unspecified atom stereocenters. The standard InChI is InChI=1S/C11H15N3O3S/c1-3-14(4-2)11(17)10-13-7-8(18-10)9(16)12-5-6-15/h6-7H,3-5H2,1-2H3,(H,12,16). The Kier molecular flexibility index (Phi) is 5.44. The molecule has 0 bridgehead atoms. The van der Waals surface area contributed by atoms with Gasteiger partial charge in [0.25, 0.3) is 11.8 Å². The van der Waals surface area contributed by atoms with Crippen LogP contribution in [0.25, 0.3) is 0 Å². The van der Waals surface area contributed by atoms with Crippen LogP contribution in [0.15, 0.2) is 6.20 Å². The Hall–Kier alpha value is -1.76. The highest BCUT2D eigenvalue weighted by molar-refractivity contribution is 7.15. The molecule has 1 N–H and O–H groups in total. The molecule has 2 amide bonds. The number of nitrogens with zero attached hydrogens (tertiary/aromatic N) is 2. The van der Waals surface area contributed by atoms with E-state index in [2.05, 4.69) is 10.3 Å². The normalized spacial score (nSPS) is 9.89. The number of nitrogens with one attached hydrogen (secondary N) is 1. The first-order valence-corrected chi connectivity index (χ1v) is 6.42. The maximum Gasteiger partial charge on any atom is 0.282 e. The Balaban J connectivity index is 2.76. The molecule has 0 radical (unpaired) electrons. The number of rotatable bonds is 6. The lowest BCUT2D eigenvalue weighted by Crippen LogP contribution is -2.30. The number of carbonyl (C=O) groups excluding carboxylic acids is 3. The van der Waals surface area contributed by atoms with Crippen molar-refractivity contribution in [2.45, 2.75) is 13.8 Å². The van der Waals surface area contributed by atoms with Gasteiger partial charge in [-0.25, -0.2) is 4.98 Å². The number of amides is 2. The third-order valence-electron chi connectivity index (χ3n) is 2.31. The number of aldehydes is 1. The summed E-state index contributed by atoms with van der Waals surface area (Å²) in [5, 5.41) is 2.68. The molecule has 0 spiro atoms. The molecule has 0 saturated carbocycles. The quantitative estimate of drug-likeness (QED) is 0.765. The lowest BCUT2D eigenvalue weighted by atomic mass is 10.4. The number of hydrogen-bond donors (Lipinski definition) is 1. The lowest BCUT2D eigenvalue weighted by molar-refractivity contribution is -0.107. The van der Waals surface area contributed by atoms with Crippen LogP contribution >= 0.6 is 11.3 Å². The molecule has 7 heteroatoms. The van der Waals surface area contributed by atoms with E-state index >= 15 is 0 Å². The molecular formula is C11H15N3O3S. The molecule has 0 fully saturated rings. The zero-order valence-corrected chi connectivity index (χ0v) is 11.1. The Morgan fingerprint density at radius 3 is 2.67 bits per heavy atom. The van der Waals surface area contributed by atoms with Gasteiger partial charge in [-0.2, -0.15) is 0 Å². The van der Waals surface area contributed by atoms with Crippen LogP contribution in [0.3, 0.4) is 0 Å². The first-order valence-electron chi connectivity index (χ1n) is 5.60. The molecular weight excluding hydrogens is 254 g/mol. The van der Waals surface area contributed by atoms with Crippen LogP contribution < -0.4 is 5.32 Å². The fraction of sp³-hybridized carbons (Fsp3) is 0.455. The van der Waals surface area contributed by atoms with E-state index < -0.39 is 5.91 Å². The smallest absolute Gasteiger partial charge is 0.282 e. The summed E-state index contributed by atoms with van der Waals surface area (Å²) < 4.78 is 0. The summed E-state index contributed by atoms with van der Waals surface area (Å²) in [6, 6.07) is 0. The zero-order chi connectivity index (χ0) is 13.5. The second-order valence-corrected chi connectivity index (χ2v) is 4.41. The van der Waals surface area contributed by atoms with E-state index in [0.717, 1.165) is 11.3 Å². The molecule has 0 atom stereocenters. The lowest BCUT2D eigenvalue weighted by Gasteiger charge is -2.16. The van der Waals surface area contributed by atoms with Crippen molar-refractivity contribution in [1.82, 2.24) is 15.2 Å². The number of thiazole rings is 1. The Labute approximate surface area is 109 Å². The minimum Gasteiger partial charge on any atom is -0.345 e. The van der Waals surface area contributed by atoms with Crippen LogP contribution in [0.5, 0.6) is 0 Å². The van der Waals surface area contributed by atoms with E-state index in [4.69, 9.17) is 0 Å². The molecule has 18 heavy (non-hydrogen) atoms. The van der Waals surface area contributed by atoms with Gasteiger partial charge < -0.3 is 15.0 Å². The van der Waals surface area contributed by atoms with Crippen molar-refractivity contribution in [3.63, 3.8) is 0 Å². The van der Waals surface area contributed by atoms with Crippen LogP contribution in [-0.4, -0.2) is 47.6 Å². The predicted octanol–water partition coefficient (Wildman–Crippen LogP) is 0.554. The highest BCUT2D eigenvalue weighted by Crippen LogP contribution is 2.14. The minimum absolute atomic E-state index is 0.0456. The van der Waals surface area contributed by atoms with Gasteiger partial charge >= 0.3 is 0 Å². The maximum absolute atomic E-state index is 11.9. The summed E-state index contributed by atoms with van der Waals surface area (Å²) >= 11 is 1.03. The summed E-state index contributed by atoms with van der Waals surface area (Å²) in [4.78, 5) is 39.5. The van der Waals surface area contributed by atoms with E-state index in [1.54, 1.807) is 4.90 Å². The number of aromatic nitrogens is 1. The average Bonchev–Trinajstić information content (AvgIpc) is 2.86. The zero-order valence-electron chi connectivity index (χ0n) is 10.3. The Morgan fingerprint density at radius 2 is 2.11 bits per heavy atom. The molecule has 0 saturated heterocycles. The highest BCUT2D eigenvalue weighted by atomic mass is 32.1. The van der Waals surface area contributed by atoms with Crippen molar-refractivity contribution < 1.29 is 14.4 Å². The van der Waals surface area contributed by atoms with Gasteiger partial charge in [-0.1, -0.05) is 0 Å². The van der Waals surface area contributed by atoms with E-state index in [0.29, 0.717) is 24.3 Å². The van der Waals surface area contributed by atoms with E-state index in [1.165, 1.54) is 6.20 Å². The van der Waals surface area contributed by atoms with Gasteiger partial charge in [0.1, 0.15) is 11.2 Å². The molecule has 98 valence electrons. The maximum atomic E-state index is 11.9. The molecule has 0 aliphatic carbocycles. The fourth-order valence-corrected chi connectivity index (χ4v) is 2.15. The first kappa shape index (κ1) is 14.3. The van der Waals surface area contributed by atoms with Gasteiger partial charge in [0.2, 0.25) is 0 Å². The second-order valence-electron chi connectivity index (χ2n) is 3.38. The summed E-state index contributed by atoms with van der Waals surface area (Å²) in [7, 11) is 0. The van der Waals surface area contributed by atoms with Crippen LogP contribution in [0, 0.1) is 0 Å². The number of carbonyl (C=O) groups is 3. The fourth-order valence-electron chi connectivity index (χ4n) is 1.35. The van der Waals surface area contributed by atoms with Crippen LogP contribution in [0.1, 0.15) is 33.3 Å².